The molecule has 0 bridgehead atoms. The maximum atomic E-state index is 12.2. The standard InChI is InChI=1S/C18H14ClN3O4/c1-26-17-14(18(24)25)7-11-5-13(19)6-12(15(11)22-17)9-21-16(23)10-3-2-4-20-8-10/h2-8H,9H2,1H3,(H,21,23)(H,24,25). The highest BCUT2D eigenvalue weighted by atomic mass is 35.5. The number of aromatic nitrogens is 2. The van der Waals surface area contributed by atoms with Crippen molar-refractivity contribution in [1.82, 2.24) is 15.3 Å². The van der Waals surface area contributed by atoms with Gasteiger partial charge in [0.2, 0.25) is 5.88 Å². The molecular weight excluding hydrogens is 358 g/mol. The predicted molar refractivity (Wildman–Crippen MR) is 95.7 cm³/mol. The Labute approximate surface area is 153 Å². The van der Waals surface area contributed by atoms with E-state index in [1.165, 1.54) is 19.4 Å². The van der Waals surface area contributed by atoms with Crippen molar-refractivity contribution in [2.45, 2.75) is 6.54 Å². The molecule has 7 nitrogen and oxygen atoms in total. The number of pyridine rings is 2. The summed E-state index contributed by atoms with van der Waals surface area (Å²) in [5.74, 6) is -1.45. The minimum absolute atomic E-state index is 0.00726. The van der Waals surface area contributed by atoms with E-state index in [0.29, 0.717) is 27.1 Å². The lowest BCUT2D eigenvalue weighted by Gasteiger charge is -2.11. The molecule has 0 saturated carbocycles. The van der Waals surface area contributed by atoms with Gasteiger partial charge in [0.05, 0.1) is 18.2 Å². The van der Waals surface area contributed by atoms with E-state index in [1.54, 1.807) is 30.5 Å². The molecule has 26 heavy (non-hydrogen) atoms. The number of hydrogen-bond acceptors (Lipinski definition) is 5. The molecule has 2 heterocycles. The summed E-state index contributed by atoms with van der Waals surface area (Å²) in [7, 11) is 1.35. The second kappa shape index (κ2) is 7.37. The van der Waals surface area contributed by atoms with Gasteiger partial charge in [-0.25, -0.2) is 9.78 Å². The highest BCUT2D eigenvalue weighted by Gasteiger charge is 2.17. The van der Waals surface area contributed by atoms with Crippen LogP contribution in [-0.2, 0) is 6.54 Å². The molecule has 0 saturated heterocycles. The summed E-state index contributed by atoms with van der Waals surface area (Å²) < 4.78 is 5.07. The highest BCUT2D eigenvalue weighted by Crippen LogP contribution is 2.28. The molecule has 0 aliphatic heterocycles. The van der Waals surface area contributed by atoms with Gasteiger partial charge in [0.25, 0.3) is 5.91 Å². The topological polar surface area (TPSA) is 101 Å². The quantitative estimate of drug-likeness (QED) is 0.715. The molecule has 3 rings (SSSR count). The van der Waals surface area contributed by atoms with E-state index < -0.39 is 5.97 Å². The minimum Gasteiger partial charge on any atom is -0.480 e. The van der Waals surface area contributed by atoms with Gasteiger partial charge in [0.15, 0.2) is 0 Å². The van der Waals surface area contributed by atoms with Crippen LogP contribution in [0.4, 0.5) is 0 Å². The number of nitrogens with one attached hydrogen (secondary N) is 1. The van der Waals surface area contributed by atoms with Crippen molar-refractivity contribution in [1.29, 1.82) is 0 Å². The fourth-order valence-corrected chi connectivity index (χ4v) is 2.77. The van der Waals surface area contributed by atoms with Crippen LogP contribution in [0.5, 0.6) is 5.88 Å². The Morgan fingerprint density at radius 1 is 1.31 bits per heavy atom. The summed E-state index contributed by atoms with van der Waals surface area (Å²) in [6.07, 6.45) is 3.04. The number of rotatable bonds is 5. The number of aromatic carboxylic acids is 1. The van der Waals surface area contributed by atoms with Gasteiger partial charge in [-0.15, -0.1) is 0 Å². The second-order valence-corrected chi connectivity index (χ2v) is 5.85. The molecule has 0 spiro atoms. The van der Waals surface area contributed by atoms with Gasteiger partial charge < -0.3 is 15.2 Å². The van der Waals surface area contributed by atoms with Crippen LogP contribution in [0, 0.1) is 0 Å². The van der Waals surface area contributed by atoms with Crippen LogP contribution in [0.3, 0.4) is 0 Å². The lowest BCUT2D eigenvalue weighted by molar-refractivity contribution is 0.0692. The average molecular weight is 372 g/mol. The first-order valence-corrected chi connectivity index (χ1v) is 7.96. The molecule has 1 aromatic carbocycles. The summed E-state index contributed by atoms with van der Waals surface area (Å²) in [5, 5.41) is 13.0. The molecule has 0 fully saturated rings. The fraction of sp³-hybridized carbons (Fsp3) is 0.111. The van der Waals surface area contributed by atoms with Crippen molar-refractivity contribution in [2.24, 2.45) is 0 Å². The highest BCUT2D eigenvalue weighted by molar-refractivity contribution is 6.31. The Hall–Kier alpha value is -3.19. The molecular formula is C18H14ClN3O4. The number of methoxy groups -OCH3 is 1. The van der Waals surface area contributed by atoms with Gasteiger partial charge in [-0.2, -0.15) is 0 Å². The molecule has 2 aromatic heterocycles. The average Bonchev–Trinajstić information content (AvgIpc) is 2.65. The zero-order chi connectivity index (χ0) is 18.7. The Morgan fingerprint density at radius 3 is 2.77 bits per heavy atom. The number of benzene rings is 1. The Bertz CT molecular complexity index is 993. The molecule has 0 unspecified atom stereocenters. The number of nitrogens with zero attached hydrogens (tertiary/aromatic N) is 2. The van der Waals surface area contributed by atoms with Gasteiger partial charge in [0, 0.05) is 29.3 Å². The Kier molecular flexibility index (Phi) is 4.99. The van der Waals surface area contributed by atoms with Gasteiger partial charge in [0.1, 0.15) is 5.56 Å². The van der Waals surface area contributed by atoms with Gasteiger partial charge in [-0.1, -0.05) is 11.6 Å². The summed E-state index contributed by atoms with van der Waals surface area (Å²) >= 11 is 6.13. The van der Waals surface area contributed by atoms with E-state index in [0.717, 1.165) is 0 Å². The third kappa shape index (κ3) is 3.57. The fourth-order valence-electron chi connectivity index (χ4n) is 2.52. The maximum Gasteiger partial charge on any atom is 0.341 e. The van der Waals surface area contributed by atoms with Crippen molar-refractivity contribution in [3.63, 3.8) is 0 Å². The third-order valence-electron chi connectivity index (χ3n) is 3.71. The maximum absolute atomic E-state index is 12.2. The zero-order valence-electron chi connectivity index (χ0n) is 13.7. The number of carboxylic acids is 1. The van der Waals surface area contributed by atoms with Crippen LogP contribution >= 0.6 is 11.6 Å². The molecule has 0 atom stereocenters. The van der Waals surface area contributed by atoms with E-state index in [4.69, 9.17) is 16.3 Å². The molecule has 1 amide bonds. The molecule has 0 aliphatic carbocycles. The first-order chi connectivity index (χ1) is 12.5. The van der Waals surface area contributed by atoms with E-state index in [-0.39, 0.29) is 23.9 Å². The smallest absolute Gasteiger partial charge is 0.341 e. The minimum atomic E-state index is -1.15. The number of halogens is 1. The zero-order valence-corrected chi connectivity index (χ0v) is 14.4. The summed E-state index contributed by atoms with van der Waals surface area (Å²) in [6, 6.07) is 8.05. The number of carboxylic acid groups (broad SMARTS) is 1. The van der Waals surface area contributed by atoms with Gasteiger partial charge in [-0.05, 0) is 35.9 Å². The summed E-state index contributed by atoms with van der Waals surface area (Å²) in [6.45, 7) is 0.160. The van der Waals surface area contributed by atoms with Crippen LogP contribution in [0.25, 0.3) is 10.9 Å². The number of ether oxygens (including phenoxy) is 1. The number of hydrogen-bond donors (Lipinski definition) is 2. The Morgan fingerprint density at radius 2 is 2.12 bits per heavy atom. The van der Waals surface area contributed by atoms with E-state index in [9.17, 15) is 14.7 Å². The molecule has 0 aliphatic rings. The number of carbonyl (C=O) groups excluding carboxylic acids is 1. The predicted octanol–water partition coefficient (Wildman–Crippen LogP) is 2.92. The largest absolute Gasteiger partial charge is 0.480 e. The summed E-state index contributed by atoms with van der Waals surface area (Å²) in [5.41, 5.74) is 1.51. The summed E-state index contributed by atoms with van der Waals surface area (Å²) in [4.78, 5) is 31.7. The van der Waals surface area contributed by atoms with Crippen LogP contribution in [0.1, 0.15) is 26.3 Å². The SMILES string of the molecule is COc1nc2c(CNC(=O)c3cccnc3)cc(Cl)cc2cc1C(=O)O. The van der Waals surface area contributed by atoms with Gasteiger partial charge >= 0.3 is 5.97 Å². The van der Waals surface area contributed by atoms with Crippen molar-refractivity contribution in [3.05, 3.63) is 64.4 Å². The Balaban J connectivity index is 1.97. The van der Waals surface area contributed by atoms with Crippen LogP contribution in [0.2, 0.25) is 5.02 Å². The van der Waals surface area contributed by atoms with E-state index in [1.807, 2.05) is 0 Å². The van der Waals surface area contributed by atoms with Gasteiger partial charge in [-0.3, -0.25) is 9.78 Å². The first-order valence-electron chi connectivity index (χ1n) is 7.58. The number of carbonyl (C=O) groups is 2. The normalized spacial score (nSPS) is 10.5. The molecule has 2 N–H and O–H groups in total. The number of fused-ring (bicyclic) bond motifs is 1. The molecule has 8 heteroatoms. The van der Waals surface area contributed by atoms with Crippen molar-refractivity contribution in [3.8, 4) is 5.88 Å². The molecule has 0 radical (unpaired) electrons. The van der Waals surface area contributed by atoms with Crippen molar-refractivity contribution < 1.29 is 19.4 Å². The monoisotopic (exact) mass is 371 g/mol. The van der Waals surface area contributed by atoms with Crippen LogP contribution in [-0.4, -0.2) is 34.1 Å². The van der Waals surface area contributed by atoms with Crippen molar-refractivity contribution in [2.75, 3.05) is 7.11 Å². The lowest BCUT2D eigenvalue weighted by atomic mass is 10.1. The first kappa shape index (κ1) is 17.6. The lowest BCUT2D eigenvalue weighted by Crippen LogP contribution is -2.23. The van der Waals surface area contributed by atoms with E-state index in [2.05, 4.69) is 15.3 Å². The number of amides is 1. The second-order valence-electron chi connectivity index (χ2n) is 5.41. The van der Waals surface area contributed by atoms with E-state index >= 15 is 0 Å². The van der Waals surface area contributed by atoms with Crippen molar-refractivity contribution >= 4 is 34.4 Å². The molecule has 3 aromatic rings. The van der Waals surface area contributed by atoms with Crippen LogP contribution < -0.4 is 10.1 Å². The molecule has 132 valence electrons. The van der Waals surface area contributed by atoms with Crippen LogP contribution in [0.15, 0.2) is 42.7 Å². The third-order valence-corrected chi connectivity index (χ3v) is 3.93.